The van der Waals surface area contributed by atoms with E-state index in [4.69, 9.17) is 9.94 Å². The van der Waals surface area contributed by atoms with Crippen molar-refractivity contribution in [2.24, 2.45) is 0 Å². The van der Waals surface area contributed by atoms with Crippen LogP contribution < -0.4 is 15.7 Å². The van der Waals surface area contributed by atoms with Gasteiger partial charge in [0, 0.05) is 5.39 Å². The van der Waals surface area contributed by atoms with E-state index in [0.717, 1.165) is 10.3 Å². The lowest BCUT2D eigenvalue weighted by atomic mass is 10.1. The van der Waals surface area contributed by atoms with Crippen molar-refractivity contribution in [3.8, 4) is 5.75 Å². The molecule has 8 heteroatoms. The van der Waals surface area contributed by atoms with Crippen molar-refractivity contribution in [3.05, 3.63) is 52.3 Å². The lowest BCUT2D eigenvalue weighted by Gasteiger charge is -2.15. The van der Waals surface area contributed by atoms with Crippen molar-refractivity contribution in [1.29, 1.82) is 0 Å². The summed E-state index contributed by atoms with van der Waals surface area (Å²) >= 11 is 0. The number of aliphatic carboxylic acids is 1. The van der Waals surface area contributed by atoms with Crippen LogP contribution in [0, 0.1) is 6.92 Å². The third-order valence-electron chi connectivity index (χ3n) is 3.21. The topological polar surface area (TPSA) is 118 Å². The maximum atomic E-state index is 12.5. The summed E-state index contributed by atoms with van der Waals surface area (Å²) in [5, 5.41) is 21.2. The zero-order chi connectivity index (χ0) is 17.9. The Bertz CT molecular complexity index is 884. The van der Waals surface area contributed by atoms with Crippen LogP contribution in [-0.2, 0) is 4.79 Å². The molecule has 1 heterocycles. The Morgan fingerprint density at radius 3 is 2.75 bits per heavy atom. The van der Waals surface area contributed by atoms with E-state index < -0.39 is 35.3 Å². The molecule has 1 aromatic carbocycles. The van der Waals surface area contributed by atoms with E-state index in [9.17, 15) is 19.5 Å². The third kappa shape index (κ3) is 3.22. The summed E-state index contributed by atoms with van der Waals surface area (Å²) in [6, 6.07) is 4.86. The Labute approximate surface area is 136 Å². The first kappa shape index (κ1) is 17.1. The zero-order valence-electron chi connectivity index (χ0n) is 12.9. The molecule has 0 aliphatic rings. The van der Waals surface area contributed by atoms with Gasteiger partial charge in [-0.1, -0.05) is 18.7 Å². The molecule has 1 amide bonds. The van der Waals surface area contributed by atoms with Crippen LogP contribution in [0.1, 0.15) is 15.9 Å². The predicted molar refractivity (Wildman–Crippen MR) is 86.2 cm³/mol. The monoisotopic (exact) mass is 332 g/mol. The van der Waals surface area contributed by atoms with Crippen LogP contribution in [0.5, 0.6) is 5.75 Å². The molecule has 1 aromatic heterocycles. The maximum Gasteiger partial charge on any atom is 0.322 e. The highest BCUT2D eigenvalue weighted by Crippen LogP contribution is 2.26. The summed E-state index contributed by atoms with van der Waals surface area (Å²) < 4.78 is 0.888. The number of rotatable bonds is 6. The molecule has 3 N–H and O–H groups in total. The van der Waals surface area contributed by atoms with Gasteiger partial charge in [0.05, 0.1) is 5.52 Å². The number of nitrogens with one attached hydrogen (secondary N) is 1. The first-order valence-corrected chi connectivity index (χ1v) is 6.99. The Morgan fingerprint density at radius 1 is 1.42 bits per heavy atom. The number of carboxylic acids is 1. The van der Waals surface area contributed by atoms with Gasteiger partial charge in [0.25, 0.3) is 11.5 Å². The first-order valence-electron chi connectivity index (χ1n) is 6.99. The molecule has 2 rings (SSSR count). The van der Waals surface area contributed by atoms with Crippen LogP contribution in [0.4, 0.5) is 0 Å². The van der Waals surface area contributed by atoms with E-state index >= 15 is 0 Å². The number of aryl methyl sites for hydroxylation is 1. The number of carbonyl (C=O) groups is 2. The molecule has 0 radical (unpaired) electrons. The van der Waals surface area contributed by atoms with E-state index in [1.54, 1.807) is 25.1 Å². The van der Waals surface area contributed by atoms with Crippen LogP contribution in [0.3, 0.4) is 0 Å². The van der Waals surface area contributed by atoms with E-state index in [2.05, 4.69) is 11.9 Å². The molecule has 0 saturated heterocycles. The van der Waals surface area contributed by atoms with Crippen LogP contribution >= 0.6 is 0 Å². The molecule has 126 valence electrons. The Hall–Kier alpha value is -3.29. The van der Waals surface area contributed by atoms with Crippen molar-refractivity contribution in [2.75, 3.05) is 13.2 Å². The lowest BCUT2D eigenvalue weighted by molar-refractivity contribution is -0.135. The number of aromatic nitrogens is 1. The molecular formula is C16H16N2O6. The normalized spacial score (nSPS) is 10.4. The molecule has 0 bridgehead atoms. The van der Waals surface area contributed by atoms with Gasteiger partial charge in [-0.2, -0.15) is 0 Å². The van der Waals surface area contributed by atoms with Crippen LogP contribution in [-0.4, -0.2) is 40.0 Å². The first-order chi connectivity index (χ1) is 11.4. The summed E-state index contributed by atoms with van der Waals surface area (Å²) in [7, 11) is 0. The van der Waals surface area contributed by atoms with E-state index in [-0.39, 0.29) is 17.5 Å². The minimum absolute atomic E-state index is 0.00388. The van der Waals surface area contributed by atoms with E-state index in [0.29, 0.717) is 0 Å². The van der Waals surface area contributed by atoms with Crippen molar-refractivity contribution in [1.82, 2.24) is 10.0 Å². The molecule has 2 aromatic rings. The number of amides is 1. The zero-order valence-corrected chi connectivity index (χ0v) is 12.9. The second-order valence-electron chi connectivity index (χ2n) is 5.00. The summed E-state index contributed by atoms with van der Waals surface area (Å²) in [5.41, 5.74) is -0.374. The number of carbonyl (C=O) groups excluding carboxylic acids is 1. The van der Waals surface area contributed by atoms with Gasteiger partial charge < -0.3 is 20.4 Å². The molecule has 0 spiro atoms. The molecular weight excluding hydrogens is 316 g/mol. The van der Waals surface area contributed by atoms with Crippen molar-refractivity contribution < 1.29 is 24.6 Å². The fraction of sp³-hybridized carbons (Fsp3) is 0.188. The fourth-order valence-corrected chi connectivity index (χ4v) is 2.16. The SMILES string of the molecule is C=CCOn1c(=O)c(C(=O)NCC(=O)O)c(O)c2ccc(C)cc21. The minimum atomic E-state index is -1.28. The molecule has 8 nitrogen and oxygen atoms in total. The highest BCUT2D eigenvalue weighted by atomic mass is 16.7. The standard InChI is InChI=1S/C16H16N2O6/c1-3-6-24-18-11-7-9(2)4-5-10(11)14(21)13(16(18)23)15(22)17-8-12(19)20/h3-5,7,21H,1,6,8H2,2H3,(H,17,22)(H,19,20). The van der Waals surface area contributed by atoms with Crippen LogP contribution in [0.2, 0.25) is 0 Å². The smallest absolute Gasteiger partial charge is 0.322 e. The van der Waals surface area contributed by atoms with Gasteiger partial charge in [-0.3, -0.25) is 14.4 Å². The Balaban J connectivity index is 2.69. The molecule has 0 aliphatic carbocycles. The summed E-state index contributed by atoms with van der Waals surface area (Å²) in [6.07, 6.45) is 1.42. The van der Waals surface area contributed by atoms with E-state index in [1.165, 1.54) is 6.08 Å². The van der Waals surface area contributed by atoms with Crippen LogP contribution in [0.15, 0.2) is 35.6 Å². The van der Waals surface area contributed by atoms with Gasteiger partial charge in [0.1, 0.15) is 18.9 Å². The van der Waals surface area contributed by atoms with Crippen molar-refractivity contribution >= 4 is 22.8 Å². The average molecular weight is 332 g/mol. The minimum Gasteiger partial charge on any atom is -0.506 e. The summed E-state index contributed by atoms with van der Waals surface area (Å²) in [6.45, 7) is 4.61. The second kappa shape index (κ2) is 6.86. The predicted octanol–water partition coefficient (Wildman–Crippen LogP) is 0.445. The summed E-state index contributed by atoms with van der Waals surface area (Å²) in [5.74, 6) is -2.81. The fourth-order valence-electron chi connectivity index (χ4n) is 2.16. The van der Waals surface area contributed by atoms with Gasteiger partial charge in [-0.15, -0.1) is 4.73 Å². The molecule has 24 heavy (non-hydrogen) atoms. The number of nitrogens with zero attached hydrogens (tertiary/aromatic N) is 1. The lowest BCUT2D eigenvalue weighted by Crippen LogP contribution is -2.37. The number of hydrogen-bond donors (Lipinski definition) is 3. The number of carboxylic acid groups (broad SMARTS) is 1. The number of benzene rings is 1. The molecule has 0 fully saturated rings. The number of pyridine rings is 1. The number of aromatic hydroxyl groups is 1. The van der Waals surface area contributed by atoms with Gasteiger partial charge in [-0.05, 0) is 24.6 Å². The van der Waals surface area contributed by atoms with Crippen molar-refractivity contribution in [3.63, 3.8) is 0 Å². The van der Waals surface area contributed by atoms with Gasteiger partial charge >= 0.3 is 5.97 Å². The second-order valence-corrected chi connectivity index (χ2v) is 5.00. The van der Waals surface area contributed by atoms with E-state index in [1.807, 2.05) is 0 Å². The molecule has 0 atom stereocenters. The third-order valence-corrected chi connectivity index (χ3v) is 3.21. The highest BCUT2D eigenvalue weighted by Gasteiger charge is 2.23. The quantitative estimate of drug-likeness (QED) is 0.661. The molecule has 0 saturated carbocycles. The van der Waals surface area contributed by atoms with Crippen LogP contribution in [0.25, 0.3) is 10.9 Å². The maximum absolute atomic E-state index is 12.5. The van der Waals surface area contributed by atoms with Gasteiger partial charge in [0.2, 0.25) is 0 Å². The van der Waals surface area contributed by atoms with Gasteiger partial charge in [-0.25, -0.2) is 0 Å². The Morgan fingerprint density at radius 2 is 2.12 bits per heavy atom. The number of fused-ring (bicyclic) bond motifs is 1. The Kier molecular flexibility index (Phi) is 4.88. The highest BCUT2D eigenvalue weighted by molar-refractivity contribution is 6.03. The number of hydrogen-bond acceptors (Lipinski definition) is 5. The molecule has 0 unspecified atom stereocenters. The largest absolute Gasteiger partial charge is 0.506 e. The van der Waals surface area contributed by atoms with Gasteiger partial charge in [0.15, 0.2) is 5.56 Å². The average Bonchev–Trinajstić information content (AvgIpc) is 2.52. The van der Waals surface area contributed by atoms with Crippen molar-refractivity contribution in [2.45, 2.75) is 6.92 Å². The molecule has 0 aliphatic heterocycles. The summed E-state index contributed by atoms with van der Waals surface area (Å²) in [4.78, 5) is 40.5.